The van der Waals surface area contributed by atoms with Crippen molar-refractivity contribution in [1.29, 1.82) is 0 Å². The number of hydrogen-bond donors (Lipinski definition) is 1. The lowest BCUT2D eigenvalue weighted by Crippen LogP contribution is -2.52. The van der Waals surface area contributed by atoms with Crippen LogP contribution in [-0.4, -0.2) is 54.4 Å². The lowest BCUT2D eigenvalue weighted by Gasteiger charge is -2.34. The molecule has 0 radical (unpaired) electrons. The molecule has 1 aromatic heterocycles. The molecule has 1 fully saturated rings. The number of aliphatic carboxylic acids is 1. The number of carbonyl (C=O) groups is 2. The predicted molar refractivity (Wildman–Crippen MR) is 79.5 cm³/mol. The van der Waals surface area contributed by atoms with E-state index in [9.17, 15) is 18.0 Å². The lowest BCUT2D eigenvalue weighted by molar-refractivity contribution is -0.138. The number of carbonyl (C=O) groups excluding carboxylic acids is 1. The molecule has 6 nitrogen and oxygen atoms in total. The van der Waals surface area contributed by atoms with Crippen molar-refractivity contribution in [2.24, 2.45) is 0 Å². The molecule has 0 saturated carbocycles. The molecule has 1 N–H and O–H groups in total. The van der Waals surface area contributed by atoms with Gasteiger partial charge in [-0.25, -0.2) is 8.42 Å². The molecule has 0 aliphatic carbocycles. The zero-order valence-electron chi connectivity index (χ0n) is 11.8. The van der Waals surface area contributed by atoms with E-state index in [0.29, 0.717) is 5.56 Å². The maximum atomic E-state index is 12.6. The van der Waals surface area contributed by atoms with Gasteiger partial charge in [0, 0.05) is 16.3 Å². The molecule has 1 aliphatic rings. The normalized spacial score (nSPS) is 21.2. The molecular weight excluding hydrogens is 314 g/mol. The van der Waals surface area contributed by atoms with E-state index in [-0.39, 0.29) is 30.4 Å². The average molecular weight is 331 g/mol. The van der Waals surface area contributed by atoms with Crippen molar-refractivity contribution in [3.8, 4) is 0 Å². The van der Waals surface area contributed by atoms with E-state index in [1.807, 2.05) is 13.8 Å². The maximum Gasteiger partial charge on any atom is 0.305 e. The van der Waals surface area contributed by atoms with Crippen molar-refractivity contribution in [1.82, 2.24) is 4.90 Å². The molecule has 1 aliphatic heterocycles. The third kappa shape index (κ3) is 3.62. The van der Waals surface area contributed by atoms with Crippen LogP contribution >= 0.6 is 11.3 Å². The van der Waals surface area contributed by atoms with Gasteiger partial charge >= 0.3 is 5.97 Å². The summed E-state index contributed by atoms with van der Waals surface area (Å²) in [5.41, 5.74) is 0.534. The van der Waals surface area contributed by atoms with E-state index in [2.05, 4.69) is 0 Å². The first-order chi connectivity index (χ1) is 9.69. The molecule has 1 amide bonds. The number of aryl methyl sites for hydroxylation is 2. The summed E-state index contributed by atoms with van der Waals surface area (Å²) < 4.78 is 23.4. The Morgan fingerprint density at radius 3 is 2.62 bits per heavy atom. The summed E-state index contributed by atoms with van der Waals surface area (Å²) >= 11 is 1.49. The van der Waals surface area contributed by atoms with Gasteiger partial charge in [-0.2, -0.15) is 0 Å². The Morgan fingerprint density at radius 2 is 2.10 bits per heavy atom. The Balaban J connectivity index is 2.29. The van der Waals surface area contributed by atoms with Crippen molar-refractivity contribution in [2.45, 2.75) is 26.3 Å². The summed E-state index contributed by atoms with van der Waals surface area (Å²) in [6, 6.07) is 0.969. The predicted octanol–water partition coefficient (Wildman–Crippen LogP) is 1.08. The topological polar surface area (TPSA) is 91.8 Å². The molecule has 1 unspecified atom stereocenters. The van der Waals surface area contributed by atoms with Gasteiger partial charge in [0.15, 0.2) is 9.84 Å². The molecule has 1 aromatic rings. The van der Waals surface area contributed by atoms with Gasteiger partial charge in [-0.15, -0.1) is 11.3 Å². The summed E-state index contributed by atoms with van der Waals surface area (Å²) in [6.07, 6.45) is -0.354. The van der Waals surface area contributed by atoms with Gasteiger partial charge in [0.25, 0.3) is 5.91 Å². The third-order valence-corrected chi connectivity index (χ3v) is 6.14. The second-order valence-electron chi connectivity index (χ2n) is 5.19. The van der Waals surface area contributed by atoms with Gasteiger partial charge in [-0.1, -0.05) is 0 Å². The monoisotopic (exact) mass is 331 g/mol. The van der Waals surface area contributed by atoms with Crippen molar-refractivity contribution in [3.63, 3.8) is 0 Å². The molecule has 0 spiro atoms. The van der Waals surface area contributed by atoms with Crippen LogP contribution in [0, 0.1) is 13.8 Å². The molecule has 21 heavy (non-hydrogen) atoms. The number of thiophene rings is 1. The fraction of sp³-hybridized carbons (Fsp3) is 0.538. The van der Waals surface area contributed by atoms with Gasteiger partial charge < -0.3 is 10.0 Å². The molecule has 0 aromatic carbocycles. The van der Waals surface area contributed by atoms with Crippen LogP contribution in [0.5, 0.6) is 0 Å². The first kappa shape index (κ1) is 16.0. The van der Waals surface area contributed by atoms with E-state index >= 15 is 0 Å². The van der Waals surface area contributed by atoms with Crippen LogP contribution in [0.25, 0.3) is 0 Å². The second-order valence-corrected chi connectivity index (χ2v) is 8.88. The van der Waals surface area contributed by atoms with E-state index < -0.39 is 21.8 Å². The van der Waals surface area contributed by atoms with E-state index in [4.69, 9.17) is 5.11 Å². The first-order valence-electron chi connectivity index (χ1n) is 6.50. The highest BCUT2D eigenvalue weighted by Crippen LogP contribution is 2.25. The minimum atomic E-state index is -3.29. The number of amides is 1. The van der Waals surface area contributed by atoms with Crippen LogP contribution in [0.2, 0.25) is 0 Å². The highest BCUT2D eigenvalue weighted by Gasteiger charge is 2.36. The van der Waals surface area contributed by atoms with E-state index in [1.165, 1.54) is 16.2 Å². The molecule has 1 saturated heterocycles. The molecule has 2 heterocycles. The number of rotatable bonds is 3. The van der Waals surface area contributed by atoms with Crippen LogP contribution in [0.4, 0.5) is 0 Å². The van der Waals surface area contributed by atoms with Crippen molar-refractivity contribution in [2.75, 3.05) is 18.1 Å². The van der Waals surface area contributed by atoms with Gasteiger partial charge in [0.1, 0.15) is 0 Å². The summed E-state index contributed by atoms with van der Waals surface area (Å²) in [5, 5.41) is 8.93. The lowest BCUT2D eigenvalue weighted by atomic mass is 10.1. The Hall–Kier alpha value is -1.41. The molecule has 2 rings (SSSR count). The van der Waals surface area contributed by atoms with Crippen LogP contribution in [0.3, 0.4) is 0 Å². The minimum absolute atomic E-state index is 0.0491. The van der Waals surface area contributed by atoms with Crippen molar-refractivity contribution in [3.05, 3.63) is 21.4 Å². The highest BCUT2D eigenvalue weighted by atomic mass is 32.2. The van der Waals surface area contributed by atoms with E-state index in [1.54, 1.807) is 6.07 Å². The first-order valence-corrected chi connectivity index (χ1v) is 9.13. The van der Waals surface area contributed by atoms with Crippen LogP contribution < -0.4 is 0 Å². The van der Waals surface area contributed by atoms with Crippen LogP contribution in [0.1, 0.15) is 26.5 Å². The van der Waals surface area contributed by atoms with Crippen molar-refractivity contribution >= 4 is 33.1 Å². The largest absolute Gasteiger partial charge is 0.481 e. The smallest absolute Gasteiger partial charge is 0.305 e. The zero-order chi connectivity index (χ0) is 15.8. The second kappa shape index (κ2) is 5.76. The van der Waals surface area contributed by atoms with Crippen LogP contribution in [-0.2, 0) is 14.6 Å². The number of carboxylic acid groups (broad SMARTS) is 1. The average Bonchev–Trinajstić information content (AvgIpc) is 2.66. The molecule has 8 heteroatoms. The number of hydrogen-bond acceptors (Lipinski definition) is 5. The van der Waals surface area contributed by atoms with Gasteiger partial charge in [0.2, 0.25) is 0 Å². The number of nitrogens with zero attached hydrogens (tertiary/aromatic N) is 1. The number of sulfone groups is 1. The standard InChI is InChI=1S/C13H17NO5S2/c1-8-5-11(9(2)20-8)13(17)14-3-4-21(18,19)7-10(14)6-12(15)16/h5,10H,3-4,6-7H2,1-2H3,(H,15,16). The third-order valence-electron chi connectivity index (χ3n) is 3.47. The van der Waals surface area contributed by atoms with Gasteiger partial charge in [-0.05, 0) is 19.9 Å². The Kier molecular flexibility index (Phi) is 4.38. The molecule has 116 valence electrons. The summed E-state index contributed by atoms with van der Waals surface area (Å²) in [7, 11) is -3.29. The Bertz CT molecular complexity index is 677. The highest BCUT2D eigenvalue weighted by molar-refractivity contribution is 7.91. The zero-order valence-corrected chi connectivity index (χ0v) is 13.5. The summed E-state index contributed by atoms with van der Waals surface area (Å²) in [6.45, 7) is 3.77. The fourth-order valence-corrected chi connectivity index (χ4v) is 4.96. The van der Waals surface area contributed by atoms with Gasteiger partial charge in [0.05, 0.1) is 29.5 Å². The van der Waals surface area contributed by atoms with E-state index in [0.717, 1.165) is 9.75 Å². The van der Waals surface area contributed by atoms with Crippen molar-refractivity contribution < 1.29 is 23.1 Å². The van der Waals surface area contributed by atoms with Crippen LogP contribution in [0.15, 0.2) is 6.07 Å². The van der Waals surface area contributed by atoms with Gasteiger partial charge in [-0.3, -0.25) is 9.59 Å². The molecule has 1 atom stereocenters. The summed E-state index contributed by atoms with van der Waals surface area (Å²) in [4.78, 5) is 26.8. The SMILES string of the molecule is Cc1cc(C(=O)N2CCS(=O)(=O)CC2CC(=O)O)c(C)s1. The quantitative estimate of drug-likeness (QED) is 0.895. The Labute approximate surface area is 127 Å². The summed E-state index contributed by atoms with van der Waals surface area (Å²) in [5.74, 6) is -1.78. The Morgan fingerprint density at radius 1 is 1.43 bits per heavy atom. The number of carboxylic acids is 1. The maximum absolute atomic E-state index is 12.6. The molecular formula is C13H17NO5S2. The fourth-order valence-electron chi connectivity index (χ4n) is 2.52. The molecule has 0 bridgehead atoms. The minimum Gasteiger partial charge on any atom is -0.481 e.